The average molecular weight is 269 g/mol. The highest BCUT2D eigenvalue weighted by molar-refractivity contribution is 6.29. The number of carbonyl (C=O) groups is 2. The van der Waals surface area contributed by atoms with Gasteiger partial charge in [-0.15, -0.1) is 0 Å². The van der Waals surface area contributed by atoms with Gasteiger partial charge in [-0.2, -0.15) is 0 Å². The topological polar surface area (TPSA) is 70.5 Å². The summed E-state index contributed by atoms with van der Waals surface area (Å²) in [5, 5.41) is 9.23. The predicted molar refractivity (Wildman–Crippen MR) is 65.5 cm³/mol. The molecule has 0 saturated carbocycles. The van der Waals surface area contributed by atoms with Crippen LogP contribution in [0.15, 0.2) is 18.2 Å². The fourth-order valence-electron chi connectivity index (χ4n) is 2.05. The first kappa shape index (κ1) is 12.8. The van der Waals surface area contributed by atoms with Crippen LogP contribution in [0.25, 0.3) is 0 Å². The second-order valence-corrected chi connectivity index (χ2v) is 4.66. The van der Waals surface area contributed by atoms with Crippen molar-refractivity contribution in [2.24, 2.45) is 5.92 Å². The van der Waals surface area contributed by atoms with Crippen molar-refractivity contribution < 1.29 is 14.7 Å². The highest BCUT2D eigenvalue weighted by Gasteiger charge is 2.29. The predicted octanol–water partition coefficient (Wildman–Crippen LogP) is 1.67. The Morgan fingerprint density at radius 3 is 2.89 bits per heavy atom. The SMILES string of the molecule is O=C(O)C1CCCN(C(=O)c2cccc(Cl)n2)C1. The maximum absolute atomic E-state index is 12.1. The average Bonchev–Trinajstić information content (AvgIpc) is 2.38. The number of likely N-dealkylation sites (tertiary alicyclic amines) is 1. The van der Waals surface area contributed by atoms with Crippen molar-refractivity contribution >= 4 is 23.5 Å². The Morgan fingerprint density at radius 1 is 1.44 bits per heavy atom. The Kier molecular flexibility index (Phi) is 3.81. The third-order valence-corrected chi connectivity index (χ3v) is 3.20. The first-order chi connectivity index (χ1) is 8.58. The van der Waals surface area contributed by atoms with Gasteiger partial charge in [0.2, 0.25) is 0 Å². The third-order valence-electron chi connectivity index (χ3n) is 2.99. The van der Waals surface area contributed by atoms with Gasteiger partial charge in [0.25, 0.3) is 5.91 Å². The lowest BCUT2D eigenvalue weighted by molar-refractivity contribution is -0.143. The third kappa shape index (κ3) is 2.79. The molecule has 0 bridgehead atoms. The number of hydrogen-bond donors (Lipinski definition) is 1. The summed E-state index contributed by atoms with van der Waals surface area (Å²) in [6.45, 7) is 0.805. The second kappa shape index (κ2) is 5.35. The van der Waals surface area contributed by atoms with Crippen LogP contribution < -0.4 is 0 Å². The summed E-state index contributed by atoms with van der Waals surface area (Å²) in [6.07, 6.45) is 1.31. The normalized spacial score (nSPS) is 19.6. The van der Waals surface area contributed by atoms with E-state index in [1.807, 2.05) is 0 Å². The number of amides is 1. The number of carboxylic acids is 1. The zero-order valence-electron chi connectivity index (χ0n) is 9.67. The maximum atomic E-state index is 12.1. The molecule has 1 aromatic heterocycles. The summed E-state index contributed by atoms with van der Waals surface area (Å²) in [7, 11) is 0. The zero-order chi connectivity index (χ0) is 13.1. The Morgan fingerprint density at radius 2 is 2.22 bits per heavy atom. The van der Waals surface area contributed by atoms with E-state index in [0.29, 0.717) is 19.4 Å². The van der Waals surface area contributed by atoms with E-state index >= 15 is 0 Å². The van der Waals surface area contributed by atoms with Crippen LogP contribution in [0.3, 0.4) is 0 Å². The van der Waals surface area contributed by atoms with E-state index < -0.39 is 11.9 Å². The van der Waals surface area contributed by atoms with Crippen LogP contribution in [0.5, 0.6) is 0 Å². The lowest BCUT2D eigenvalue weighted by atomic mass is 9.98. The van der Waals surface area contributed by atoms with Gasteiger partial charge in [-0.1, -0.05) is 17.7 Å². The minimum absolute atomic E-state index is 0.238. The summed E-state index contributed by atoms with van der Waals surface area (Å²) in [4.78, 5) is 28.5. The number of aliphatic carboxylic acids is 1. The molecule has 1 fully saturated rings. The molecule has 1 aliphatic heterocycles. The molecule has 96 valence electrons. The van der Waals surface area contributed by atoms with E-state index in [1.165, 1.54) is 4.90 Å². The van der Waals surface area contributed by atoms with Crippen LogP contribution in [-0.4, -0.2) is 40.0 Å². The van der Waals surface area contributed by atoms with Crippen molar-refractivity contribution in [3.63, 3.8) is 0 Å². The molecule has 2 rings (SSSR count). The highest BCUT2D eigenvalue weighted by atomic mass is 35.5. The Balaban J connectivity index is 2.11. The maximum Gasteiger partial charge on any atom is 0.308 e. The fourth-order valence-corrected chi connectivity index (χ4v) is 2.22. The van der Waals surface area contributed by atoms with E-state index in [1.54, 1.807) is 18.2 Å². The summed E-state index contributed by atoms with van der Waals surface area (Å²) in [5.74, 6) is -1.60. The number of aromatic nitrogens is 1. The first-order valence-electron chi connectivity index (χ1n) is 5.72. The quantitative estimate of drug-likeness (QED) is 0.829. The molecule has 0 radical (unpaired) electrons. The molecule has 1 amide bonds. The van der Waals surface area contributed by atoms with Gasteiger partial charge >= 0.3 is 5.97 Å². The van der Waals surface area contributed by atoms with Crippen molar-refractivity contribution in [2.45, 2.75) is 12.8 Å². The number of pyridine rings is 1. The van der Waals surface area contributed by atoms with E-state index in [-0.39, 0.29) is 23.3 Å². The standard InChI is InChI=1S/C12H13ClN2O3/c13-10-5-1-4-9(14-10)11(16)15-6-2-3-8(7-15)12(17)18/h1,4-5,8H,2-3,6-7H2,(H,17,18). The van der Waals surface area contributed by atoms with Crippen LogP contribution in [0.1, 0.15) is 23.3 Å². The highest BCUT2D eigenvalue weighted by Crippen LogP contribution is 2.18. The molecule has 1 saturated heterocycles. The lowest BCUT2D eigenvalue weighted by Crippen LogP contribution is -2.42. The zero-order valence-corrected chi connectivity index (χ0v) is 10.4. The van der Waals surface area contributed by atoms with Gasteiger partial charge in [0.15, 0.2) is 0 Å². The van der Waals surface area contributed by atoms with Crippen molar-refractivity contribution in [1.82, 2.24) is 9.88 Å². The van der Waals surface area contributed by atoms with Gasteiger partial charge in [-0.25, -0.2) is 4.98 Å². The second-order valence-electron chi connectivity index (χ2n) is 4.27. The molecule has 0 spiro atoms. The van der Waals surface area contributed by atoms with Gasteiger partial charge in [-0.3, -0.25) is 9.59 Å². The lowest BCUT2D eigenvalue weighted by Gasteiger charge is -2.30. The van der Waals surface area contributed by atoms with Crippen molar-refractivity contribution in [1.29, 1.82) is 0 Å². The van der Waals surface area contributed by atoms with E-state index in [2.05, 4.69) is 4.98 Å². The van der Waals surface area contributed by atoms with Crippen molar-refractivity contribution in [2.75, 3.05) is 13.1 Å². The number of carboxylic acid groups (broad SMARTS) is 1. The largest absolute Gasteiger partial charge is 0.481 e. The van der Waals surface area contributed by atoms with Crippen LogP contribution in [-0.2, 0) is 4.79 Å². The molecule has 2 heterocycles. The van der Waals surface area contributed by atoms with E-state index in [4.69, 9.17) is 16.7 Å². The molecule has 1 aliphatic rings. The summed E-state index contributed by atoms with van der Waals surface area (Å²) in [5.41, 5.74) is 0.258. The molecular formula is C12H13ClN2O3. The molecule has 6 heteroatoms. The number of piperidine rings is 1. The fraction of sp³-hybridized carbons (Fsp3) is 0.417. The monoisotopic (exact) mass is 268 g/mol. The van der Waals surface area contributed by atoms with Crippen LogP contribution >= 0.6 is 11.6 Å². The summed E-state index contributed by atoms with van der Waals surface area (Å²) < 4.78 is 0. The van der Waals surface area contributed by atoms with Gasteiger partial charge in [0, 0.05) is 13.1 Å². The van der Waals surface area contributed by atoms with Gasteiger partial charge in [0.1, 0.15) is 10.8 Å². The van der Waals surface area contributed by atoms with Gasteiger partial charge < -0.3 is 10.0 Å². The number of nitrogens with zero attached hydrogens (tertiary/aromatic N) is 2. The smallest absolute Gasteiger partial charge is 0.308 e. The van der Waals surface area contributed by atoms with Gasteiger partial charge in [-0.05, 0) is 25.0 Å². The number of carbonyl (C=O) groups excluding carboxylic acids is 1. The minimum Gasteiger partial charge on any atom is -0.481 e. The van der Waals surface area contributed by atoms with Crippen LogP contribution in [0.4, 0.5) is 0 Å². The molecule has 1 N–H and O–H groups in total. The molecule has 1 atom stereocenters. The van der Waals surface area contributed by atoms with Crippen molar-refractivity contribution in [3.8, 4) is 0 Å². The van der Waals surface area contributed by atoms with Crippen LogP contribution in [0, 0.1) is 5.92 Å². The summed E-state index contributed by atoms with van der Waals surface area (Å²) in [6, 6.07) is 4.83. The molecule has 5 nitrogen and oxygen atoms in total. The minimum atomic E-state index is -0.855. The molecule has 1 aromatic rings. The first-order valence-corrected chi connectivity index (χ1v) is 6.10. The molecule has 18 heavy (non-hydrogen) atoms. The molecule has 1 unspecified atom stereocenters. The number of rotatable bonds is 2. The Hall–Kier alpha value is -1.62. The molecule has 0 aliphatic carbocycles. The van der Waals surface area contributed by atoms with Crippen LogP contribution in [0.2, 0.25) is 5.15 Å². The van der Waals surface area contributed by atoms with Gasteiger partial charge in [0.05, 0.1) is 5.92 Å². The van der Waals surface area contributed by atoms with E-state index in [0.717, 1.165) is 0 Å². The number of hydrogen-bond acceptors (Lipinski definition) is 3. The summed E-state index contributed by atoms with van der Waals surface area (Å²) >= 11 is 5.73. The molecule has 0 aromatic carbocycles. The van der Waals surface area contributed by atoms with Crippen molar-refractivity contribution in [3.05, 3.63) is 29.0 Å². The molecular weight excluding hydrogens is 256 g/mol. The Labute approximate surface area is 109 Å². The number of halogens is 1. The van der Waals surface area contributed by atoms with E-state index in [9.17, 15) is 9.59 Å². The Bertz CT molecular complexity index is 478.